The van der Waals surface area contributed by atoms with Crippen molar-refractivity contribution in [3.63, 3.8) is 0 Å². The quantitative estimate of drug-likeness (QED) is 0.729. The molecule has 162 valence electrons. The fraction of sp³-hybridized carbons (Fsp3) is 0.381. The first kappa shape index (κ1) is 22.5. The summed E-state index contributed by atoms with van der Waals surface area (Å²) in [6.45, 7) is 2.38. The molecule has 2 aromatic carbocycles. The predicted octanol–water partition coefficient (Wildman–Crippen LogP) is 2.69. The van der Waals surface area contributed by atoms with Crippen molar-refractivity contribution in [2.45, 2.75) is 36.0 Å². The molecular formula is C21H26N2O5S2. The first-order chi connectivity index (χ1) is 14.1. The SMILES string of the molecule is CCc1ccc(NC(=O)C2CCN(S(=O)(=O)c3ccccc3S(C)(=O)=O)CC2)cc1. The Labute approximate surface area is 178 Å². The minimum atomic E-state index is -3.97. The van der Waals surface area contributed by atoms with Gasteiger partial charge in [0, 0.05) is 31.0 Å². The first-order valence-electron chi connectivity index (χ1n) is 9.82. The van der Waals surface area contributed by atoms with Crippen molar-refractivity contribution in [1.29, 1.82) is 0 Å². The van der Waals surface area contributed by atoms with E-state index in [0.29, 0.717) is 18.5 Å². The Balaban J connectivity index is 1.68. The molecule has 1 aliphatic heterocycles. The highest BCUT2D eigenvalue weighted by Crippen LogP contribution is 2.28. The molecule has 9 heteroatoms. The zero-order valence-electron chi connectivity index (χ0n) is 17.0. The molecule has 0 unspecified atom stereocenters. The molecule has 1 heterocycles. The van der Waals surface area contributed by atoms with E-state index in [1.54, 1.807) is 0 Å². The van der Waals surface area contributed by atoms with Gasteiger partial charge in [-0.05, 0) is 49.1 Å². The summed E-state index contributed by atoms with van der Waals surface area (Å²) in [4.78, 5) is 12.2. The van der Waals surface area contributed by atoms with E-state index in [4.69, 9.17) is 0 Å². The molecule has 0 aromatic heterocycles. The molecule has 2 aromatic rings. The van der Waals surface area contributed by atoms with Gasteiger partial charge in [-0.1, -0.05) is 31.2 Å². The van der Waals surface area contributed by atoms with Crippen LogP contribution in [0.25, 0.3) is 0 Å². The van der Waals surface area contributed by atoms with E-state index < -0.39 is 19.9 Å². The minimum Gasteiger partial charge on any atom is -0.326 e. The van der Waals surface area contributed by atoms with Crippen LogP contribution in [0.3, 0.4) is 0 Å². The standard InChI is InChI=1S/C21H26N2O5S2/c1-3-16-8-10-18(11-9-16)22-21(24)17-12-14-23(15-13-17)30(27,28)20-7-5-4-6-19(20)29(2,25)26/h4-11,17H,3,12-15H2,1-2H3,(H,22,24). The summed E-state index contributed by atoms with van der Waals surface area (Å²) in [5.41, 5.74) is 1.90. The molecule has 1 fully saturated rings. The van der Waals surface area contributed by atoms with Crippen LogP contribution in [0.4, 0.5) is 5.69 Å². The van der Waals surface area contributed by atoms with E-state index in [2.05, 4.69) is 12.2 Å². The van der Waals surface area contributed by atoms with E-state index in [9.17, 15) is 21.6 Å². The predicted molar refractivity (Wildman–Crippen MR) is 115 cm³/mol. The third kappa shape index (κ3) is 4.91. The van der Waals surface area contributed by atoms with Crippen molar-refractivity contribution in [1.82, 2.24) is 4.31 Å². The lowest BCUT2D eigenvalue weighted by molar-refractivity contribution is -0.120. The highest BCUT2D eigenvalue weighted by Gasteiger charge is 2.34. The molecule has 0 aliphatic carbocycles. The fourth-order valence-electron chi connectivity index (χ4n) is 3.54. The molecule has 1 amide bonds. The van der Waals surface area contributed by atoms with Gasteiger partial charge in [-0.3, -0.25) is 4.79 Å². The molecular weight excluding hydrogens is 424 g/mol. The number of amides is 1. The Hall–Kier alpha value is -2.23. The molecule has 3 rings (SSSR count). The van der Waals surface area contributed by atoms with E-state index >= 15 is 0 Å². The van der Waals surface area contributed by atoms with Gasteiger partial charge in [0.1, 0.15) is 4.90 Å². The van der Waals surface area contributed by atoms with Gasteiger partial charge in [-0.15, -0.1) is 0 Å². The van der Waals surface area contributed by atoms with E-state index in [1.807, 2.05) is 24.3 Å². The van der Waals surface area contributed by atoms with Gasteiger partial charge in [0.05, 0.1) is 4.90 Å². The van der Waals surface area contributed by atoms with E-state index in [-0.39, 0.29) is 34.7 Å². The number of benzene rings is 2. The van der Waals surface area contributed by atoms with Crippen molar-refractivity contribution in [3.8, 4) is 0 Å². The number of hydrogen-bond acceptors (Lipinski definition) is 5. The maximum Gasteiger partial charge on any atom is 0.244 e. The minimum absolute atomic E-state index is 0.132. The first-order valence-corrected chi connectivity index (χ1v) is 13.1. The summed E-state index contributed by atoms with van der Waals surface area (Å²) >= 11 is 0. The lowest BCUT2D eigenvalue weighted by atomic mass is 9.97. The molecule has 0 atom stereocenters. The van der Waals surface area contributed by atoms with E-state index in [1.165, 1.54) is 34.1 Å². The number of nitrogens with one attached hydrogen (secondary N) is 1. The average Bonchev–Trinajstić information content (AvgIpc) is 2.74. The Morgan fingerprint density at radius 1 is 0.967 bits per heavy atom. The van der Waals surface area contributed by atoms with Gasteiger partial charge < -0.3 is 5.32 Å². The Morgan fingerprint density at radius 3 is 2.07 bits per heavy atom. The van der Waals surface area contributed by atoms with Crippen LogP contribution in [0.1, 0.15) is 25.3 Å². The normalized spacial score (nSPS) is 16.3. The lowest BCUT2D eigenvalue weighted by Gasteiger charge is -2.31. The van der Waals surface area contributed by atoms with Crippen molar-refractivity contribution < 1.29 is 21.6 Å². The van der Waals surface area contributed by atoms with Crippen molar-refractivity contribution in [2.24, 2.45) is 5.92 Å². The number of piperidine rings is 1. The molecule has 0 spiro atoms. The lowest BCUT2D eigenvalue weighted by Crippen LogP contribution is -2.41. The summed E-state index contributed by atoms with van der Waals surface area (Å²) in [6.07, 6.45) is 2.66. The second-order valence-corrected chi connectivity index (χ2v) is 11.3. The molecule has 30 heavy (non-hydrogen) atoms. The van der Waals surface area contributed by atoms with Crippen LogP contribution in [0, 0.1) is 5.92 Å². The summed E-state index contributed by atoms with van der Waals surface area (Å²) in [7, 11) is -7.66. The average molecular weight is 451 g/mol. The number of anilines is 1. The number of carbonyl (C=O) groups is 1. The second-order valence-electron chi connectivity index (χ2n) is 7.44. The fourth-order valence-corrected chi connectivity index (χ4v) is 6.61. The third-order valence-electron chi connectivity index (χ3n) is 5.32. The molecule has 7 nitrogen and oxygen atoms in total. The number of carbonyl (C=O) groups excluding carboxylic acids is 1. The summed E-state index contributed by atoms with van der Waals surface area (Å²) in [5, 5.41) is 2.89. The van der Waals surface area contributed by atoms with Crippen LogP contribution in [0.5, 0.6) is 0 Å². The van der Waals surface area contributed by atoms with Crippen LogP contribution in [0.15, 0.2) is 58.3 Å². The second kappa shape index (κ2) is 8.87. The van der Waals surface area contributed by atoms with Crippen molar-refractivity contribution in [3.05, 3.63) is 54.1 Å². The monoisotopic (exact) mass is 450 g/mol. The highest BCUT2D eigenvalue weighted by molar-refractivity contribution is 7.93. The maximum atomic E-state index is 13.0. The maximum absolute atomic E-state index is 13.0. The summed E-state index contributed by atoms with van der Waals surface area (Å²) in [6, 6.07) is 13.3. The molecule has 1 saturated heterocycles. The number of aryl methyl sites for hydroxylation is 1. The molecule has 0 saturated carbocycles. The summed E-state index contributed by atoms with van der Waals surface area (Å²) in [5.74, 6) is -0.430. The number of sulfone groups is 1. The summed E-state index contributed by atoms with van der Waals surface area (Å²) < 4.78 is 51.4. The molecule has 0 radical (unpaired) electrons. The van der Waals surface area contributed by atoms with Crippen LogP contribution < -0.4 is 5.32 Å². The van der Waals surface area contributed by atoms with Crippen molar-refractivity contribution >= 4 is 31.5 Å². The molecule has 1 N–H and O–H groups in total. The Morgan fingerprint density at radius 2 is 1.53 bits per heavy atom. The van der Waals surface area contributed by atoms with Gasteiger partial charge in [0.2, 0.25) is 15.9 Å². The zero-order valence-corrected chi connectivity index (χ0v) is 18.7. The van der Waals surface area contributed by atoms with Gasteiger partial charge in [0.15, 0.2) is 9.84 Å². The smallest absolute Gasteiger partial charge is 0.244 e. The number of hydrogen-bond donors (Lipinski definition) is 1. The van der Waals surface area contributed by atoms with Crippen LogP contribution in [-0.2, 0) is 31.1 Å². The number of rotatable bonds is 6. The third-order valence-corrected chi connectivity index (χ3v) is 8.56. The molecule has 1 aliphatic rings. The Bertz CT molecular complexity index is 1120. The largest absolute Gasteiger partial charge is 0.326 e. The van der Waals surface area contributed by atoms with Crippen molar-refractivity contribution in [2.75, 3.05) is 24.7 Å². The number of nitrogens with zero attached hydrogens (tertiary/aromatic N) is 1. The molecule has 0 bridgehead atoms. The van der Waals surface area contributed by atoms with Gasteiger partial charge in [0.25, 0.3) is 0 Å². The van der Waals surface area contributed by atoms with E-state index in [0.717, 1.165) is 12.7 Å². The Kier molecular flexibility index (Phi) is 6.64. The van der Waals surface area contributed by atoms with Crippen LogP contribution in [-0.4, -0.2) is 46.4 Å². The topological polar surface area (TPSA) is 101 Å². The van der Waals surface area contributed by atoms with Gasteiger partial charge in [-0.2, -0.15) is 4.31 Å². The zero-order chi connectivity index (χ0) is 21.9. The van der Waals surface area contributed by atoms with Gasteiger partial charge in [-0.25, -0.2) is 16.8 Å². The van der Waals surface area contributed by atoms with Gasteiger partial charge >= 0.3 is 0 Å². The van der Waals surface area contributed by atoms with Crippen LogP contribution >= 0.6 is 0 Å². The highest BCUT2D eigenvalue weighted by atomic mass is 32.2. The van der Waals surface area contributed by atoms with Crippen LogP contribution in [0.2, 0.25) is 0 Å². The number of sulfonamides is 1.